The number of ketones is 1. The van der Waals surface area contributed by atoms with Crippen LogP contribution in [0.1, 0.15) is 51.0 Å². The maximum Gasteiger partial charge on any atom is 0.315 e. The molecular formula is C22H27NO5. The Morgan fingerprint density at radius 3 is 2.68 bits per heavy atom. The number of carbonyl (C=O) groups excluding carboxylic acids is 2. The minimum absolute atomic E-state index is 0.0497. The number of nitrogens with zero attached hydrogens (tertiary/aromatic N) is 1. The topological polar surface area (TPSA) is 74.2 Å². The number of hydrogen-bond donors (Lipinski definition) is 0. The van der Waals surface area contributed by atoms with Crippen molar-refractivity contribution in [2.75, 3.05) is 20.8 Å². The molecule has 1 aromatic rings. The molecule has 0 saturated carbocycles. The lowest BCUT2D eigenvalue weighted by Crippen LogP contribution is -2.37. The molecule has 0 aromatic heterocycles. The Morgan fingerprint density at radius 1 is 1.21 bits per heavy atom. The minimum Gasteiger partial charge on any atom is -0.497 e. The lowest BCUT2D eigenvalue weighted by atomic mass is 9.71. The van der Waals surface area contributed by atoms with Crippen LogP contribution < -0.4 is 9.47 Å². The number of aliphatic imine (C=N–C) groups is 1. The number of methoxy groups -OCH3 is 2. The summed E-state index contributed by atoms with van der Waals surface area (Å²) in [5.41, 5.74) is 2.87. The third kappa shape index (κ3) is 3.68. The van der Waals surface area contributed by atoms with Crippen LogP contribution in [0.25, 0.3) is 0 Å². The summed E-state index contributed by atoms with van der Waals surface area (Å²) < 4.78 is 16.4. The highest BCUT2D eigenvalue weighted by atomic mass is 16.5. The van der Waals surface area contributed by atoms with Crippen LogP contribution in [0, 0.1) is 5.92 Å². The number of hydrogen-bond acceptors (Lipinski definition) is 6. The van der Waals surface area contributed by atoms with Gasteiger partial charge in [-0.1, -0.05) is 13.0 Å². The molecule has 0 radical (unpaired) electrons. The molecule has 6 heteroatoms. The van der Waals surface area contributed by atoms with Gasteiger partial charge in [-0.15, -0.1) is 0 Å². The molecule has 1 unspecified atom stereocenters. The van der Waals surface area contributed by atoms with E-state index >= 15 is 0 Å². The zero-order valence-corrected chi connectivity index (χ0v) is 16.9. The number of carbonyl (C=O) groups is 2. The SMILES string of the molecule is CCCOC(=O)C1C(C)=NC2=C(C(=O)CCC2)[C@@H]1c1ccc(OC)cc1OC. The van der Waals surface area contributed by atoms with Crippen molar-refractivity contribution in [3.63, 3.8) is 0 Å². The molecule has 1 heterocycles. The standard InChI is InChI=1S/C22H27NO5/c1-5-11-28-22(25)19-13(2)23-16-7-6-8-17(24)21(16)20(19)15-10-9-14(26-3)12-18(15)27-4/h9-10,12,19-20H,5-8,11H2,1-4H3/t19?,20-/m1/s1. The molecule has 1 aliphatic heterocycles. The molecule has 0 fully saturated rings. The van der Waals surface area contributed by atoms with Crippen LogP contribution in [-0.2, 0) is 14.3 Å². The lowest BCUT2D eigenvalue weighted by molar-refractivity contribution is -0.146. The van der Waals surface area contributed by atoms with E-state index in [2.05, 4.69) is 4.99 Å². The van der Waals surface area contributed by atoms with Crippen molar-refractivity contribution in [3.05, 3.63) is 35.0 Å². The molecule has 2 aliphatic rings. The van der Waals surface area contributed by atoms with Gasteiger partial charge in [0.15, 0.2) is 5.78 Å². The second-order valence-corrected chi connectivity index (χ2v) is 7.12. The molecule has 0 spiro atoms. The molecule has 2 atom stereocenters. The number of benzene rings is 1. The Kier molecular flexibility index (Phi) is 6.17. The molecule has 3 rings (SSSR count). The Hall–Kier alpha value is -2.63. The Labute approximate surface area is 165 Å². The first-order valence-electron chi connectivity index (χ1n) is 9.71. The van der Waals surface area contributed by atoms with Gasteiger partial charge < -0.3 is 14.2 Å². The fourth-order valence-corrected chi connectivity index (χ4v) is 4.02. The van der Waals surface area contributed by atoms with E-state index in [-0.39, 0.29) is 11.8 Å². The quantitative estimate of drug-likeness (QED) is 0.696. The van der Waals surface area contributed by atoms with Crippen LogP contribution in [0.2, 0.25) is 0 Å². The molecule has 1 aromatic carbocycles. The molecule has 1 aliphatic carbocycles. The zero-order chi connectivity index (χ0) is 20.3. The molecule has 150 valence electrons. The van der Waals surface area contributed by atoms with Gasteiger partial charge in [0.05, 0.1) is 20.8 Å². The van der Waals surface area contributed by atoms with Gasteiger partial charge in [0.2, 0.25) is 0 Å². The van der Waals surface area contributed by atoms with E-state index in [0.29, 0.717) is 35.8 Å². The predicted molar refractivity (Wildman–Crippen MR) is 106 cm³/mol. The molecule has 0 amide bonds. The van der Waals surface area contributed by atoms with Crippen LogP contribution in [0.4, 0.5) is 0 Å². The number of allylic oxidation sites excluding steroid dienone is 2. The van der Waals surface area contributed by atoms with Crippen molar-refractivity contribution >= 4 is 17.5 Å². The largest absolute Gasteiger partial charge is 0.497 e. The average Bonchev–Trinajstić information content (AvgIpc) is 2.70. The summed E-state index contributed by atoms with van der Waals surface area (Å²) in [5, 5.41) is 0. The summed E-state index contributed by atoms with van der Waals surface area (Å²) in [6.45, 7) is 4.13. The first kappa shape index (κ1) is 20.1. The van der Waals surface area contributed by atoms with Crippen LogP contribution in [-0.4, -0.2) is 38.3 Å². The van der Waals surface area contributed by atoms with Crippen molar-refractivity contribution in [1.82, 2.24) is 0 Å². The summed E-state index contributed by atoms with van der Waals surface area (Å²) in [6, 6.07) is 5.47. The van der Waals surface area contributed by atoms with Crippen LogP contribution >= 0.6 is 0 Å². The second-order valence-electron chi connectivity index (χ2n) is 7.12. The summed E-state index contributed by atoms with van der Waals surface area (Å²) in [6.07, 6.45) is 2.73. The van der Waals surface area contributed by atoms with Gasteiger partial charge in [0.1, 0.15) is 17.4 Å². The first-order valence-corrected chi connectivity index (χ1v) is 9.71. The first-order chi connectivity index (χ1) is 13.5. The lowest BCUT2D eigenvalue weighted by Gasteiger charge is -2.35. The van der Waals surface area contributed by atoms with E-state index in [1.54, 1.807) is 20.3 Å². The second kappa shape index (κ2) is 8.59. The minimum atomic E-state index is -0.644. The fourth-order valence-electron chi connectivity index (χ4n) is 4.02. The summed E-state index contributed by atoms with van der Waals surface area (Å²) in [4.78, 5) is 30.5. The van der Waals surface area contributed by atoms with Crippen molar-refractivity contribution in [3.8, 4) is 11.5 Å². The van der Waals surface area contributed by atoms with Crippen molar-refractivity contribution in [2.24, 2.45) is 10.9 Å². The fraction of sp³-hybridized carbons (Fsp3) is 0.500. The van der Waals surface area contributed by atoms with Gasteiger partial charge in [0, 0.05) is 41.0 Å². The van der Waals surface area contributed by atoms with E-state index in [1.165, 1.54) is 0 Å². The normalized spacial score (nSPS) is 21.7. The van der Waals surface area contributed by atoms with Gasteiger partial charge in [-0.2, -0.15) is 0 Å². The molecule has 0 bridgehead atoms. The van der Waals surface area contributed by atoms with E-state index in [9.17, 15) is 9.59 Å². The van der Waals surface area contributed by atoms with E-state index < -0.39 is 11.8 Å². The van der Waals surface area contributed by atoms with Crippen LogP contribution in [0.5, 0.6) is 11.5 Å². The van der Waals surface area contributed by atoms with Gasteiger partial charge in [0.25, 0.3) is 0 Å². The van der Waals surface area contributed by atoms with Gasteiger partial charge >= 0.3 is 5.97 Å². The van der Waals surface area contributed by atoms with Crippen molar-refractivity contribution < 1.29 is 23.8 Å². The predicted octanol–water partition coefficient (Wildman–Crippen LogP) is 3.84. The number of ether oxygens (including phenoxy) is 3. The Balaban J connectivity index is 2.16. The summed E-state index contributed by atoms with van der Waals surface area (Å²) >= 11 is 0. The average molecular weight is 385 g/mol. The number of rotatable bonds is 6. The highest BCUT2D eigenvalue weighted by Gasteiger charge is 2.44. The van der Waals surface area contributed by atoms with Gasteiger partial charge in [-0.05, 0) is 32.3 Å². The highest BCUT2D eigenvalue weighted by molar-refractivity contribution is 6.09. The number of esters is 1. The Bertz CT molecular complexity index is 839. The smallest absolute Gasteiger partial charge is 0.315 e. The van der Waals surface area contributed by atoms with Crippen molar-refractivity contribution in [2.45, 2.75) is 45.4 Å². The molecule has 0 N–H and O–H groups in total. The monoisotopic (exact) mass is 385 g/mol. The van der Waals surface area contributed by atoms with Crippen LogP contribution in [0.15, 0.2) is 34.5 Å². The zero-order valence-electron chi connectivity index (χ0n) is 16.9. The van der Waals surface area contributed by atoms with Crippen molar-refractivity contribution in [1.29, 1.82) is 0 Å². The Morgan fingerprint density at radius 2 is 2.00 bits per heavy atom. The highest BCUT2D eigenvalue weighted by Crippen LogP contribution is 2.46. The molecular weight excluding hydrogens is 358 g/mol. The third-order valence-corrected chi connectivity index (χ3v) is 5.31. The number of Topliss-reactive ketones (excluding diaryl/α,β-unsaturated/α-hetero) is 1. The summed E-state index contributed by atoms with van der Waals surface area (Å²) in [5.74, 6) is -0.182. The van der Waals surface area contributed by atoms with Gasteiger partial charge in [-0.3, -0.25) is 14.6 Å². The maximum absolute atomic E-state index is 13.0. The molecule has 0 saturated heterocycles. The maximum atomic E-state index is 13.0. The molecule has 28 heavy (non-hydrogen) atoms. The van der Waals surface area contributed by atoms with Crippen LogP contribution in [0.3, 0.4) is 0 Å². The van der Waals surface area contributed by atoms with E-state index in [4.69, 9.17) is 14.2 Å². The van der Waals surface area contributed by atoms with E-state index in [0.717, 1.165) is 30.5 Å². The van der Waals surface area contributed by atoms with Gasteiger partial charge in [-0.25, -0.2) is 0 Å². The third-order valence-electron chi connectivity index (χ3n) is 5.31. The summed E-state index contributed by atoms with van der Waals surface area (Å²) in [7, 11) is 3.16. The van der Waals surface area contributed by atoms with E-state index in [1.807, 2.05) is 26.0 Å². The molecule has 6 nitrogen and oxygen atoms in total.